The van der Waals surface area contributed by atoms with Gasteiger partial charge in [0.2, 0.25) is 5.91 Å². The Bertz CT molecular complexity index is 372. The molecular weight excluding hydrogens is 248 g/mol. The van der Waals surface area contributed by atoms with E-state index in [1.54, 1.807) is 31.0 Å². The van der Waals surface area contributed by atoms with Gasteiger partial charge in [-0.3, -0.25) is 4.79 Å². The zero-order chi connectivity index (χ0) is 13.2. The summed E-state index contributed by atoms with van der Waals surface area (Å²) in [6, 6.07) is 7.28. The predicted octanol–water partition coefficient (Wildman–Crippen LogP) is 2.37. The van der Waals surface area contributed by atoms with Crippen LogP contribution in [0.2, 0.25) is 0 Å². The van der Waals surface area contributed by atoms with Gasteiger partial charge in [0.1, 0.15) is 0 Å². The van der Waals surface area contributed by atoms with Crippen LogP contribution in [-0.4, -0.2) is 31.1 Å². The van der Waals surface area contributed by atoms with Gasteiger partial charge in [0.25, 0.3) is 0 Å². The van der Waals surface area contributed by atoms with E-state index < -0.39 is 0 Å². The van der Waals surface area contributed by atoms with E-state index in [2.05, 4.69) is 5.32 Å². The van der Waals surface area contributed by atoms with Crippen LogP contribution in [0.5, 0.6) is 0 Å². The third kappa shape index (κ3) is 5.93. The molecule has 0 aromatic heterocycles. The van der Waals surface area contributed by atoms with Crippen molar-refractivity contribution in [2.75, 3.05) is 36.3 Å². The quantitative estimate of drug-likeness (QED) is 0.561. The molecule has 1 aromatic carbocycles. The summed E-state index contributed by atoms with van der Waals surface area (Å²) in [5.41, 5.74) is 7.03. The summed E-state index contributed by atoms with van der Waals surface area (Å²) in [6.07, 6.45) is 1.39. The number of anilines is 2. The van der Waals surface area contributed by atoms with Gasteiger partial charge < -0.3 is 15.8 Å². The number of hydrogen-bond donors (Lipinski definition) is 2. The van der Waals surface area contributed by atoms with Crippen LogP contribution in [0.25, 0.3) is 0 Å². The molecule has 0 aliphatic heterocycles. The van der Waals surface area contributed by atoms with E-state index in [9.17, 15) is 4.79 Å². The van der Waals surface area contributed by atoms with Gasteiger partial charge in [0.15, 0.2) is 0 Å². The molecule has 0 fully saturated rings. The van der Waals surface area contributed by atoms with E-state index in [1.165, 1.54) is 0 Å². The van der Waals surface area contributed by atoms with Gasteiger partial charge in [-0.05, 0) is 24.3 Å². The minimum atomic E-state index is 0.0141. The Morgan fingerprint density at radius 2 is 2.17 bits per heavy atom. The molecule has 3 N–H and O–H groups in total. The summed E-state index contributed by atoms with van der Waals surface area (Å²) < 4.78 is 4.95. The average molecular weight is 268 g/mol. The van der Waals surface area contributed by atoms with Crippen LogP contribution in [0, 0.1) is 0 Å². The fraction of sp³-hybridized carbons (Fsp3) is 0.462. The lowest BCUT2D eigenvalue weighted by Crippen LogP contribution is -2.12. The second kappa shape index (κ2) is 8.83. The summed E-state index contributed by atoms with van der Waals surface area (Å²) in [4.78, 5) is 11.7. The van der Waals surface area contributed by atoms with Gasteiger partial charge in [-0.2, -0.15) is 11.8 Å². The fourth-order valence-corrected chi connectivity index (χ4v) is 2.24. The molecule has 4 nitrogen and oxygen atoms in total. The van der Waals surface area contributed by atoms with Crippen molar-refractivity contribution < 1.29 is 9.53 Å². The maximum absolute atomic E-state index is 11.7. The van der Waals surface area contributed by atoms with Crippen molar-refractivity contribution in [3.8, 4) is 0 Å². The SMILES string of the molecule is COCCSCCCC(=O)Nc1ccccc1N. The van der Waals surface area contributed by atoms with Gasteiger partial charge in [-0.15, -0.1) is 0 Å². The number of ether oxygens (including phenoxy) is 1. The van der Waals surface area contributed by atoms with Crippen molar-refractivity contribution in [2.45, 2.75) is 12.8 Å². The minimum absolute atomic E-state index is 0.0141. The van der Waals surface area contributed by atoms with Crippen LogP contribution >= 0.6 is 11.8 Å². The molecule has 0 radical (unpaired) electrons. The topological polar surface area (TPSA) is 64.3 Å². The Morgan fingerprint density at radius 1 is 1.39 bits per heavy atom. The zero-order valence-electron chi connectivity index (χ0n) is 10.6. The lowest BCUT2D eigenvalue weighted by Gasteiger charge is -2.07. The van der Waals surface area contributed by atoms with Crippen LogP contribution < -0.4 is 11.1 Å². The van der Waals surface area contributed by atoms with Gasteiger partial charge in [0.05, 0.1) is 18.0 Å². The average Bonchev–Trinajstić information content (AvgIpc) is 2.36. The fourth-order valence-electron chi connectivity index (χ4n) is 1.40. The number of nitrogens with one attached hydrogen (secondary N) is 1. The van der Waals surface area contributed by atoms with Gasteiger partial charge in [0, 0.05) is 19.3 Å². The summed E-state index contributed by atoms with van der Waals surface area (Å²) in [6.45, 7) is 0.761. The van der Waals surface area contributed by atoms with Crippen molar-refractivity contribution in [3.05, 3.63) is 24.3 Å². The Labute approximate surface area is 112 Å². The highest BCUT2D eigenvalue weighted by atomic mass is 32.2. The lowest BCUT2D eigenvalue weighted by atomic mass is 10.2. The molecule has 1 amide bonds. The summed E-state index contributed by atoms with van der Waals surface area (Å²) in [7, 11) is 1.69. The standard InChI is InChI=1S/C13H20N2O2S/c1-17-8-10-18-9-4-7-13(16)15-12-6-3-2-5-11(12)14/h2-3,5-6H,4,7-10,14H2,1H3,(H,15,16). The van der Waals surface area contributed by atoms with Crippen molar-refractivity contribution in [1.29, 1.82) is 0 Å². The number of carbonyl (C=O) groups is 1. The van der Waals surface area contributed by atoms with Crippen molar-refractivity contribution in [1.82, 2.24) is 0 Å². The number of amides is 1. The highest BCUT2D eigenvalue weighted by Crippen LogP contribution is 2.17. The molecule has 5 heteroatoms. The summed E-state index contributed by atoms with van der Waals surface area (Å²) >= 11 is 1.80. The van der Waals surface area contributed by atoms with Crippen molar-refractivity contribution in [3.63, 3.8) is 0 Å². The zero-order valence-corrected chi connectivity index (χ0v) is 11.5. The first-order valence-corrected chi connectivity index (χ1v) is 7.10. The number of thioether (sulfide) groups is 1. The largest absolute Gasteiger partial charge is 0.397 e. The second-order valence-electron chi connectivity index (χ2n) is 3.84. The molecule has 0 aliphatic rings. The number of nitrogen functional groups attached to an aromatic ring is 1. The van der Waals surface area contributed by atoms with Crippen LogP contribution in [0.4, 0.5) is 11.4 Å². The first-order valence-electron chi connectivity index (χ1n) is 5.95. The number of hydrogen-bond acceptors (Lipinski definition) is 4. The minimum Gasteiger partial charge on any atom is -0.397 e. The molecule has 0 heterocycles. The Kier molecular flexibility index (Phi) is 7.29. The molecule has 0 atom stereocenters. The maximum Gasteiger partial charge on any atom is 0.224 e. The van der Waals surface area contributed by atoms with E-state index in [1.807, 2.05) is 12.1 Å². The van der Waals surface area contributed by atoms with Crippen LogP contribution in [-0.2, 0) is 9.53 Å². The molecule has 0 bridgehead atoms. The van der Waals surface area contributed by atoms with Gasteiger partial charge in [-0.25, -0.2) is 0 Å². The van der Waals surface area contributed by atoms with E-state index in [0.29, 0.717) is 17.8 Å². The molecule has 100 valence electrons. The van der Waals surface area contributed by atoms with Crippen LogP contribution in [0.15, 0.2) is 24.3 Å². The third-order valence-corrected chi connectivity index (χ3v) is 3.39. The molecule has 0 saturated heterocycles. The molecule has 18 heavy (non-hydrogen) atoms. The molecule has 0 aliphatic carbocycles. The Morgan fingerprint density at radius 3 is 2.89 bits per heavy atom. The molecule has 1 aromatic rings. The molecule has 0 unspecified atom stereocenters. The van der Waals surface area contributed by atoms with Crippen LogP contribution in [0.1, 0.15) is 12.8 Å². The summed E-state index contributed by atoms with van der Waals surface area (Å²) in [5, 5.41) is 2.81. The molecular formula is C13H20N2O2S. The Balaban J connectivity index is 2.16. The van der Waals surface area contributed by atoms with E-state index in [4.69, 9.17) is 10.5 Å². The first kappa shape index (κ1) is 14.9. The summed E-state index contributed by atoms with van der Waals surface area (Å²) in [5.74, 6) is 1.96. The van der Waals surface area contributed by atoms with Crippen molar-refractivity contribution >= 4 is 29.0 Å². The number of benzene rings is 1. The maximum atomic E-state index is 11.7. The monoisotopic (exact) mass is 268 g/mol. The van der Waals surface area contributed by atoms with E-state index in [-0.39, 0.29) is 5.91 Å². The molecule has 0 saturated carbocycles. The number of carbonyl (C=O) groups excluding carboxylic acids is 1. The highest BCUT2D eigenvalue weighted by molar-refractivity contribution is 7.99. The third-order valence-electron chi connectivity index (χ3n) is 2.36. The number of methoxy groups -OCH3 is 1. The second-order valence-corrected chi connectivity index (χ2v) is 5.07. The smallest absolute Gasteiger partial charge is 0.224 e. The normalized spacial score (nSPS) is 10.3. The van der Waals surface area contributed by atoms with Crippen molar-refractivity contribution in [2.24, 2.45) is 0 Å². The number of para-hydroxylation sites is 2. The molecule has 1 rings (SSSR count). The van der Waals surface area contributed by atoms with Crippen LogP contribution in [0.3, 0.4) is 0 Å². The number of rotatable bonds is 8. The highest BCUT2D eigenvalue weighted by Gasteiger charge is 2.04. The number of nitrogens with two attached hydrogens (primary N) is 1. The molecule has 0 spiro atoms. The lowest BCUT2D eigenvalue weighted by molar-refractivity contribution is -0.116. The van der Waals surface area contributed by atoms with Gasteiger partial charge >= 0.3 is 0 Å². The van der Waals surface area contributed by atoms with E-state index >= 15 is 0 Å². The van der Waals surface area contributed by atoms with Gasteiger partial charge in [-0.1, -0.05) is 12.1 Å². The first-order chi connectivity index (χ1) is 8.74. The predicted molar refractivity (Wildman–Crippen MR) is 77.9 cm³/mol. The van der Waals surface area contributed by atoms with E-state index in [0.717, 1.165) is 24.5 Å². The Hall–Kier alpha value is -1.20.